The molecule has 2 heterocycles. The van der Waals surface area contributed by atoms with Gasteiger partial charge in [-0.1, -0.05) is 19.3 Å². The summed E-state index contributed by atoms with van der Waals surface area (Å²) in [7, 11) is 0. The normalized spacial score (nSPS) is 28.7. The monoisotopic (exact) mass is 332 g/mol. The summed E-state index contributed by atoms with van der Waals surface area (Å²) in [6.45, 7) is 2.07. The van der Waals surface area contributed by atoms with E-state index in [1.54, 1.807) is 0 Å². The van der Waals surface area contributed by atoms with Gasteiger partial charge in [-0.15, -0.1) is 0 Å². The highest BCUT2D eigenvalue weighted by Crippen LogP contribution is 2.26. The molecule has 1 N–H and O–H groups in total. The van der Waals surface area contributed by atoms with E-state index in [2.05, 4.69) is 11.4 Å². The first-order valence-corrected chi connectivity index (χ1v) is 9.39. The molecular formula is C18H28N4O2. The van der Waals surface area contributed by atoms with Crippen LogP contribution in [0.2, 0.25) is 0 Å². The van der Waals surface area contributed by atoms with E-state index in [0.717, 1.165) is 32.2 Å². The van der Waals surface area contributed by atoms with Gasteiger partial charge in [0.1, 0.15) is 0 Å². The fourth-order valence-electron chi connectivity index (χ4n) is 4.39. The Morgan fingerprint density at radius 3 is 2.71 bits per heavy atom. The molecule has 3 fully saturated rings. The van der Waals surface area contributed by atoms with E-state index in [1.807, 2.05) is 9.80 Å². The zero-order valence-electron chi connectivity index (χ0n) is 14.4. The number of carbonyl (C=O) groups is 2. The van der Waals surface area contributed by atoms with Crippen molar-refractivity contribution >= 4 is 11.9 Å². The molecule has 0 aromatic rings. The van der Waals surface area contributed by atoms with Crippen molar-refractivity contribution in [3.8, 4) is 6.07 Å². The molecule has 0 bridgehead atoms. The number of nitriles is 1. The fourth-order valence-corrected chi connectivity index (χ4v) is 4.39. The first-order valence-electron chi connectivity index (χ1n) is 9.39. The Kier molecular flexibility index (Phi) is 5.60. The van der Waals surface area contributed by atoms with Crippen molar-refractivity contribution in [2.45, 2.75) is 69.9 Å². The van der Waals surface area contributed by atoms with Crippen molar-refractivity contribution in [2.24, 2.45) is 5.92 Å². The summed E-state index contributed by atoms with van der Waals surface area (Å²) in [5.41, 5.74) is 0. The summed E-state index contributed by atoms with van der Waals surface area (Å²) < 4.78 is 0. The number of rotatable bonds is 3. The predicted octanol–water partition coefficient (Wildman–Crippen LogP) is 2.26. The van der Waals surface area contributed by atoms with E-state index in [1.165, 1.54) is 19.3 Å². The van der Waals surface area contributed by atoms with Gasteiger partial charge in [-0.2, -0.15) is 5.26 Å². The van der Waals surface area contributed by atoms with Gasteiger partial charge in [0.15, 0.2) is 0 Å². The molecule has 132 valence electrons. The molecule has 2 atom stereocenters. The topological polar surface area (TPSA) is 76.4 Å². The average Bonchev–Trinajstić information content (AvgIpc) is 2.96. The Morgan fingerprint density at radius 1 is 1.17 bits per heavy atom. The number of amides is 3. The van der Waals surface area contributed by atoms with Crippen LogP contribution in [0, 0.1) is 17.2 Å². The minimum absolute atomic E-state index is 0.0664. The number of hydrogen-bond acceptors (Lipinski definition) is 3. The van der Waals surface area contributed by atoms with Crippen LogP contribution < -0.4 is 5.32 Å². The molecule has 1 saturated carbocycles. The van der Waals surface area contributed by atoms with Gasteiger partial charge in [0.25, 0.3) is 0 Å². The first kappa shape index (κ1) is 17.1. The molecule has 3 rings (SSSR count). The van der Waals surface area contributed by atoms with Gasteiger partial charge in [0.2, 0.25) is 5.91 Å². The van der Waals surface area contributed by atoms with Crippen molar-refractivity contribution in [1.82, 2.24) is 15.1 Å². The molecule has 6 nitrogen and oxygen atoms in total. The number of urea groups is 1. The van der Waals surface area contributed by atoms with Gasteiger partial charge in [-0.05, 0) is 31.6 Å². The number of hydrogen-bond donors (Lipinski definition) is 1. The molecule has 2 aliphatic heterocycles. The van der Waals surface area contributed by atoms with Crippen LogP contribution in [0.15, 0.2) is 0 Å². The quantitative estimate of drug-likeness (QED) is 0.861. The molecule has 6 heteroatoms. The molecule has 24 heavy (non-hydrogen) atoms. The smallest absolute Gasteiger partial charge is 0.317 e. The summed E-state index contributed by atoms with van der Waals surface area (Å²) in [6.07, 6.45) is 8.82. The minimum atomic E-state index is -0.0686. The number of likely N-dealkylation sites (tertiary alicyclic amines) is 2. The second-order valence-corrected chi connectivity index (χ2v) is 7.50. The zero-order chi connectivity index (χ0) is 16.9. The summed E-state index contributed by atoms with van der Waals surface area (Å²) in [6, 6.07) is 2.45. The van der Waals surface area contributed by atoms with Crippen molar-refractivity contribution in [1.29, 1.82) is 5.26 Å². The maximum atomic E-state index is 12.5. The van der Waals surface area contributed by atoms with Crippen molar-refractivity contribution in [3.05, 3.63) is 0 Å². The number of carbonyl (C=O) groups excluding carboxylic acids is 2. The molecular weight excluding hydrogens is 304 g/mol. The molecule has 1 aliphatic carbocycles. The van der Waals surface area contributed by atoms with Gasteiger partial charge in [-0.25, -0.2) is 4.79 Å². The standard InChI is InChI=1S/C18H28N4O2/c19-9-8-14-5-4-10-21(12-14)18(24)20-15-11-17(23)22(13-15)16-6-2-1-3-7-16/h14-16H,1-8,10-13H2,(H,20,24). The lowest BCUT2D eigenvalue weighted by atomic mass is 9.94. The van der Waals surface area contributed by atoms with Gasteiger partial charge < -0.3 is 15.1 Å². The van der Waals surface area contributed by atoms with Crippen LogP contribution in [0.4, 0.5) is 4.79 Å². The summed E-state index contributed by atoms with van der Waals surface area (Å²) in [5.74, 6) is 0.478. The van der Waals surface area contributed by atoms with Crippen molar-refractivity contribution in [3.63, 3.8) is 0 Å². The Bertz CT molecular complexity index is 510. The van der Waals surface area contributed by atoms with Crippen LogP contribution >= 0.6 is 0 Å². The number of nitrogens with zero attached hydrogens (tertiary/aromatic N) is 3. The average molecular weight is 332 g/mol. The van der Waals surface area contributed by atoms with Crippen LogP contribution in [0.3, 0.4) is 0 Å². The molecule has 2 unspecified atom stereocenters. The summed E-state index contributed by atoms with van der Waals surface area (Å²) in [4.78, 5) is 28.6. The fraction of sp³-hybridized carbons (Fsp3) is 0.833. The SMILES string of the molecule is N#CCC1CCCN(C(=O)NC2CC(=O)N(C3CCCCC3)C2)C1. The van der Waals surface area contributed by atoms with Crippen LogP contribution in [-0.4, -0.2) is 53.5 Å². The van der Waals surface area contributed by atoms with E-state index in [-0.39, 0.29) is 18.0 Å². The lowest BCUT2D eigenvalue weighted by Crippen LogP contribution is -2.49. The largest absolute Gasteiger partial charge is 0.338 e. The second-order valence-electron chi connectivity index (χ2n) is 7.50. The highest BCUT2D eigenvalue weighted by atomic mass is 16.2. The first-order chi connectivity index (χ1) is 11.7. The van der Waals surface area contributed by atoms with E-state index in [9.17, 15) is 9.59 Å². The van der Waals surface area contributed by atoms with Crippen LogP contribution in [-0.2, 0) is 4.79 Å². The maximum absolute atomic E-state index is 12.5. The molecule has 3 amide bonds. The molecule has 0 radical (unpaired) electrons. The Labute approximate surface area is 144 Å². The van der Waals surface area contributed by atoms with E-state index in [4.69, 9.17) is 5.26 Å². The summed E-state index contributed by atoms with van der Waals surface area (Å²) in [5, 5.41) is 11.9. The summed E-state index contributed by atoms with van der Waals surface area (Å²) >= 11 is 0. The van der Waals surface area contributed by atoms with E-state index in [0.29, 0.717) is 37.9 Å². The van der Waals surface area contributed by atoms with Gasteiger partial charge in [0, 0.05) is 38.5 Å². The van der Waals surface area contributed by atoms with E-state index >= 15 is 0 Å². The van der Waals surface area contributed by atoms with Crippen LogP contribution in [0.5, 0.6) is 0 Å². The van der Waals surface area contributed by atoms with Gasteiger partial charge in [-0.3, -0.25) is 4.79 Å². The lowest BCUT2D eigenvalue weighted by molar-refractivity contribution is -0.130. The maximum Gasteiger partial charge on any atom is 0.317 e. The van der Waals surface area contributed by atoms with Crippen LogP contribution in [0.25, 0.3) is 0 Å². The molecule has 0 aromatic heterocycles. The highest BCUT2D eigenvalue weighted by molar-refractivity contribution is 5.82. The molecule has 3 aliphatic rings. The Hall–Kier alpha value is -1.77. The molecule has 0 aromatic carbocycles. The third kappa shape index (κ3) is 4.00. The highest BCUT2D eigenvalue weighted by Gasteiger charge is 2.36. The third-order valence-electron chi connectivity index (χ3n) is 5.69. The molecule has 2 saturated heterocycles. The van der Waals surface area contributed by atoms with Gasteiger partial charge in [0.05, 0.1) is 12.1 Å². The second kappa shape index (κ2) is 7.87. The van der Waals surface area contributed by atoms with Gasteiger partial charge >= 0.3 is 6.03 Å². The number of nitrogens with one attached hydrogen (secondary N) is 1. The predicted molar refractivity (Wildman–Crippen MR) is 90.0 cm³/mol. The minimum Gasteiger partial charge on any atom is -0.338 e. The van der Waals surface area contributed by atoms with Crippen LogP contribution in [0.1, 0.15) is 57.8 Å². The Morgan fingerprint density at radius 2 is 1.96 bits per heavy atom. The van der Waals surface area contributed by atoms with E-state index < -0.39 is 0 Å². The number of piperidine rings is 1. The lowest BCUT2D eigenvalue weighted by Gasteiger charge is -2.33. The molecule has 0 spiro atoms. The zero-order valence-corrected chi connectivity index (χ0v) is 14.4. The third-order valence-corrected chi connectivity index (χ3v) is 5.69. The Balaban J connectivity index is 1.50. The van der Waals surface area contributed by atoms with Crippen molar-refractivity contribution < 1.29 is 9.59 Å². The van der Waals surface area contributed by atoms with Crippen molar-refractivity contribution in [2.75, 3.05) is 19.6 Å².